The first kappa shape index (κ1) is 24.2. The van der Waals surface area contributed by atoms with Crippen molar-refractivity contribution >= 4 is 23.4 Å². The molecule has 2 aromatic rings. The molecular weight excluding hydrogens is 465 g/mol. The van der Waals surface area contributed by atoms with Gasteiger partial charge in [0, 0.05) is 24.3 Å². The fraction of sp³-hybridized carbons (Fsp3) is 0.444. The van der Waals surface area contributed by atoms with Crippen molar-refractivity contribution in [3.05, 3.63) is 59.4 Å². The summed E-state index contributed by atoms with van der Waals surface area (Å²) < 4.78 is 25.7. The van der Waals surface area contributed by atoms with Crippen molar-refractivity contribution in [3.63, 3.8) is 0 Å². The van der Waals surface area contributed by atoms with Crippen LogP contribution in [0.1, 0.15) is 59.2 Å². The van der Waals surface area contributed by atoms with E-state index in [0.717, 1.165) is 25.3 Å². The smallest absolute Gasteiger partial charge is 0.257 e. The monoisotopic (exact) mass is 495 g/mol. The topological polar surface area (TPSA) is 97.0 Å². The van der Waals surface area contributed by atoms with E-state index in [1.54, 1.807) is 30.1 Å². The normalized spacial score (nSPS) is 23.8. The van der Waals surface area contributed by atoms with Crippen LogP contribution in [0.15, 0.2) is 42.5 Å². The molecule has 9 heteroatoms. The molecule has 190 valence electrons. The van der Waals surface area contributed by atoms with Crippen molar-refractivity contribution in [3.8, 4) is 5.75 Å². The number of amides is 3. The van der Waals surface area contributed by atoms with Crippen LogP contribution in [0.4, 0.5) is 10.1 Å². The highest BCUT2D eigenvalue weighted by molar-refractivity contribution is 6.05. The Morgan fingerprint density at radius 1 is 1.11 bits per heavy atom. The first-order valence-corrected chi connectivity index (χ1v) is 12.4. The van der Waals surface area contributed by atoms with Crippen molar-refractivity contribution in [2.45, 2.75) is 62.8 Å². The second-order valence-electron chi connectivity index (χ2n) is 9.74. The molecule has 1 saturated carbocycles. The molecule has 2 N–H and O–H groups in total. The van der Waals surface area contributed by atoms with E-state index in [1.165, 1.54) is 18.2 Å². The molecule has 0 unspecified atom stereocenters. The van der Waals surface area contributed by atoms with Crippen LogP contribution in [0.25, 0.3) is 0 Å². The molecular formula is C27H30FN3O5. The molecule has 2 fully saturated rings. The third kappa shape index (κ3) is 5.21. The zero-order valence-corrected chi connectivity index (χ0v) is 20.2. The molecule has 2 aromatic carbocycles. The Hall–Kier alpha value is -3.46. The van der Waals surface area contributed by atoms with Gasteiger partial charge in [-0.15, -0.1) is 0 Å². The number of carbonyl (C=O) groups excluding carboxylic acids is 3. The lowest BCUT2D eigenvalue weighted by atomic mass is 9.92. The van der Waals surface area contributed by atoms with Crippen LogP contribution < -0.4 is 15.4 Å². The van der Waals surface area contributed by atoms with Gasteiger partial charge in [-0.3, -0.25) is 14.4 Å². The zero-order chi connectivity index (χ0) is 25.2. The number of hydrogen-bond donors (Lipinski definition) is 2. The van der Waals surface area contributed by atoms with E-state index in [9.17, 15) is 18.8 Å². The fourth-order valence-corrected chi connectivity index (χ4v) is 4.98. The summed E-state index contributed by atoms with van der Waals surface area (Å²) in [6, 6.07) is 10.3. The number of benzene rings is 2. The van der Waals surface area contributed by atoms with Crippen LogP contribution >= 0.6 is 0 Å². The molecule has 5 rings (SSSR count). The quantitative estimate of drug-likeness (QED) is 0.662. The highest BCUT2D eigenvalue weighted by Crippen LogP contribution is 2.32. The Labute approximate surface area is 209 Å². The maximum atomic E-state index is 13.5. The summed E-state index contributed by atoms with van der Waals surface area (Å²) in [4.78, 5) is 39.9. The van der Waals surface area contributed by atoms with Gasteiger partial charge in [-0.25, -0.2) is 4.39 Å². The predicted molar refractivity (Wildman–Crippen MR) is 130 cm³/mol. The summed E-state index contributed by atoms with van der Waals surface area (Å²) in [7, 11) is 1.74. The second kappa shape index (κ2) is 10.3. The number of hydrogen-bond acceptors (Lipinski definition) is 5. The molecule has 36 heavy (non-hydrogen) atoms. The maximum absolute atomic E-state index is 13.5. The first-order chi connectivity index (χ1) is 17.4. The number of nitrogens with zero attached hydrogens (tertiary/aromatic N) is 1. The van der Waals surface area contributed by atoms with Crippen molar-refractivity contribution in [1.82, 2.24) is 10.2 Å². The number of anilines is 1. The van der Waals surface area contributed by atoms with Gasteiger partial charge in [0.1, 0.15) is 24.3 Å². The van der Waals surface area contributed by atoms with E-state index in [2.05, 4.69) is 10.6 Å². The highest BCUT2D eigenvalue weighted by Gasteiger charge is 2.39. The van der Waals surface area contributed by atoms with Crippen LogP contribution in [-0.4, -0.2) is 60.6 Å². The summed E-state index contributed by atoms with van der Waals surface area (Å²) >= 11 is 0. The number of carbonyl (C=O) groups is 3. The minimum atomic E-state index is -0.503. The molecule has 2 aliphatic heterocycles. The molecule has 1 saturated heterocycles. The Morgan fingerprint density at radius 2 is 1.94 bits per heavy atom. The largest absolute Gasteiger partial charge is 0.490 e. The molecule has 3 aliphatic rings. The van der Waals surface area contributed by atoms with Gasteiger partial charge >= 0.3 is 0 Å². The maximum Gasteiger partial charge on any atom is 0.257 e. The number of ether oxygens (including phenoxy) is 2. The average molecular weight is 496 g/mol. The lowest BCUT2D eigenvalue weighted by Crippen LogP contribution is -2.54. The predicted octanol–water partition coefficient (Wildman–Crippen LogP) is 3.52. The van der Waals surface area contributed by atoms with E-state index in [0.29, 0.717) is 42.3 Å². The highest BCUT2D eigenvalue weighted by atomic mass is 19.1. The lowest BCUT2D eigenvalue weighted by Gasteiger charge is -2.42. The second-order valence-corrected chi connectivity index (χ2v) is 9.74. The molecule has 0 spiro atoms. The molecule has 0 aromatic heterocycles. The van der Waals surface area contributed by atoms with E-state index in [1.807, 2.05) is 0 Å². The molecule has 0 radical (unpaired) electrons. The van der Waals surface area contributed by atoms with Gasteiger partial charge < -0.3 is 25.0 Å². The van der Waals surface area contributed by atoms with Crippen LogP contribution in [0.2, 0.25) is 0 Å². The fourth-order valence-electron chi connectivity index (χ4n) is 4.98. The number of likely N-dealkylation sites (N-methyl/N-ethyl adjacent to an activating group) is 1. The van der Waals surface area contributed by atoms with E-state index >= 15 is 0 Å². The Morgan fingerprint density at radius 3 is 2.69 bits per heavy atom. The minimum Gasteiger partial charge on any atom is -0.490 e. The minimum absolute atomic E-state index is 0.0116. The van der Waals surface area contributed by atoms with E-state index in [-0.39, 0.29) is 42.2 Å². The van der Waals surface area contributed by atoms with Crippen molar-refractivity contribution in [2.75, 3.05) is 19.0 Å². The van der Waals surface area contributed by atoms with Crippen molar-refractivity contribution in [1.29, 1.82) is 0 Å². The van der Waals surface area contributed by atoms with E-state index in [4.69, 9.17) is 9.47 Å². The van der Waals surface area contributed by atoms with Crippen LogP contribution in [0.3, 0.4) is 0 Å². The summed E-state index contributed by atoms with van der Waals surface area (Å²) in [6.07, 6.45) is 4.36. The summed E-state index contributed by atoms with van der Waals surface area (Å²) in [5, 5.41) is 5.77. The third-order valence-electron chi connectivity index (χ3n) is 7.24. The van der Waals surface area contributed by atoms with Gasteiger partial charge in [-0.1, -0.05) is 6.07 Å². The Kier molecular flexibility index (Phi) is 6.91. The van der Waals surface area contributed by atoms with Crippen LogP contribution in [0, 0.1) is 5.82 Å². The first-order valence-electron chi connectivity index (χ1n) is 12.4. The Bertz CT molecular complexity index is 1170. The summed E-state index contributed by atoms with van der Waals surface area (Å²) in [5.41, 5.74) is 0.914. The SMILES string of the molecule is CN1C(=O)c2cc(NC(=O)c3cccc(F)c3)ccc2OC[C@@H]2O[C@@H](CC(=O)NC3CCC3)CC[C@H]21. The number of fused-ring (bicyclic) bond motifs is 2. The standard InChI is InChI=1S/C27H30FN3O5/c1-31-22-10-9-20(14-25(32)29-18-6-3-7-18)36-24(22)15-35-23-11-8-19(13-21(23)27(31)34)30-26(33)16-4-2-5-17(28)12-16/h2,4-5,8,11-13,18,20,22,24H,3,6-7,9-10,14-15H2,1H3,(H,29,32)(H,30,33)/t20-,22-,24+/m1/s1. The van der Waals surface area contributed by atoms with Crippen molar-refractivity contribution < 1.29 is 28.2 Å². The lowest BCUT2D eigenvalue weighted by molar-refractivity contribution is -0.135. The molecule has 1 aliphatic carbocycles. The van der Waals surface area contributed by atoms with Gasteiger partial charge in [0.25, 0.3) is 11.8 Å². The molecule has 0 bridgehead atoms. The average Bonchev–Trinajstić information content (AvgIpc) is 2.84. The number of halogens is 1. The van der Waals surface area contributed by atoms with Gasteiger partial charge in [-0.2, -0.15) is 0 Å². The van der Waals surface area contributed by atoms with Gasteiger partial charge in [0.2, 0.25) is 5.91 Å². The van der Waals surface area contributed by atoms with Gasteiger partial charge in [0.15, 0.2) is 0 Å². The number of rotatable bonds is 5. The van der Waals surface area contributed by atoms with E-state index < -0.39 is 11.7 Å². The molecule has 2 heterocycles. The Balaban J connectivity index is 1.26. The summed E-state index contributed by atoms with van der Waals surface area (Å²) in [6.45, 7) is 0.241. The van der Waals surface area contributed by atoms with Crippen LogP contribution in [0.5, 0.6) is 5.75 Å². The number of nitrogens with one attached hydrogen (secondary N) is 2. The third-order valence-corrected chi connectivity index (χ3v) is 7.24. The van der Waals surface area contributed by atoms with Gasteiger partial charge in [0.05, 0.1) is 24.1 Å². The van der Waals surface area contributed by atoms with Crippen LogP contribution in [-0.2, 0) is 9.53 Å². The molecule has 3 amide bonds. The van der Waals surface area contributed by atoms with Gasteiger partial charge in [-0.05, 0) is 68.5 Å². The summed E-state index contributed by atoms with van der Waals surface area (Å²) in [5.74, 6) is -0.821. The molecule has 8 nitrogen and oxygen atoms in total. The zero-order valence-electron chi connectivity index (χ0n) is 20.2. The van der Waals surface area contributed by atoms with Crippen molar-refractivity contribution in [2.24, 2.45) is 0 Å². The molecule has 3 atom stereocenters.